The molecule has 0 aromatic carbocycles. The van der Waals surface area contributed by atoms with Crippen LogP contribution >= 0.6 is 15.9 Å². The molecular formula is C16H26BrF3N4O2. The second kappa shape index (κ2) is 8.02. The number of nitrogens with zero attached hydrogens (tertiary/aromatic N) is 2. The highest BCUT2D eigenvalue weighted by molar-refractivity contribution is 9.09. The molecule has 2 N–H and O–H groups in total. The van der Waals surface area contributed by atoms with E-state index in [0.29, 0.717) is 19.3 Å². The van der Waals surface area contributed by atoms with Gasteiger partial charge in [0.1, 0.15) is 12.1 Å². The predicted octanol–water partition coefficient (Wildman–Crippen LogP) is 2.93. The second-order valence-corrected chi connectivity index (χ2v) is 8.89. The first-order chi connectivity index (χ1) is 11.9. The van der Waals surface area contributed by atoms with Crippen molar-refractivity contribution in [1.29, 1.82) is 0 Å². The molecule has 2 aliphatic heterocycles. The first-order valence-electron chi connectivity index (χ1n) is 8.70. The highest BCUT2D eigenvalue weighted by Gasteiger charge is 2.50. The van der Waals surface area contributed by atoms with Crippen LogP contribution in [0, 0.1) is 5.41 Å². The van der Waals surface area contributed by atoms with Gasteiger partial charge in [0.05, 0.1) is 10.5 Å². The Morgan fingerprint density at radius 2 is 2.12 bits per heavy atom. The van der Waals surface area contributed by atoms with Crippen molar-refractivity contribution in [2.75, 3.05) is 6.54 Å². The van der Waals surface area contributed by atoms with Gasteiger partial charge in [0, 0.05) is 18.4 Å². The lowest BCUT2D eigenvalue weighted by molar-refractivity contribution is -0.158. The molecule has 1 fully saturated rings. The Morgan fingerprint density at radius 3 is 2.58 bits per heavy atom. The van der Waals surface area contributed by atoms with E-state index in [1.165, 1.54) is 5.01 Å². The number of amides is 1. The lowest BCUT2D eigenvalue weighted by atomic mass is 9.88. The van der Waals surface area contributed by atoms with Gasteiger partial charge in [-0.15, -0.1) is 0 Å². The second-order valence-electron chi connectivity index (χ2n) is 7.72. The van der Waals surface area contributed by atoms with Crippen molar-refractivity contribution in [3.63, 3.8) is 0 Å². The summed E-state index contributed by atoms with van der Waals surface area (Å²) in [7, 11) is 0. The third-order valence-electron chi connectivity index (χ3n) is 4.47. The molecule has 0 aliphatic carbocycles. The molecule has 0 bridgehead atoms. The number of carbonyl (C=O) groups excluding carboxylic acids is 1. The van der Waals surface area contributed by atoms with Crippen molar-refractivity contribution in [2.24, 2.45) is 10.6 Å². The van der Waals surface area contributed by atoms with Gasteiger partial charge >= 0.3 is 6.18 Å². The average Bonchev–Trinajstić information content (AvgIpc) is 3.10. The SMILES string of the molecule is CCCC(C(=O)NC1CC(C(C)(C)C)=NO1)N1CC(Br)C(C(F)(F)F)N1. The summed E-state index contributed by atoms with van der Waals surface area (Å²) in [5.41, 5.74) is 3.11. The maximum Gasteiger partial charge on any atom is 0.406 e. The first-order valence-corrected chi connectivity index (χ1v) is 9.62. The fourth-order valence-electron chi connectivity index (χ4n) is 2.96. The summed E-state index contributed by atoms with van der Waals surface area (Å²) < 4.78 is 39.2. The molecule has 0 saturated carbocycles. The highest BCUT2D eigenvalue weighted by atomic mass is 79.9. The molecule has 0 radical (unpaired) electrons. The van der Waals surface area contributed by atoms with Crippen LogP contribution in [-0.4, -0.2) is 52.5 Å². The quantitative estimate of drug-likeness (QED) is 0.642. The minimum atomic E-state index is -4.39. The van der Waals surface area contributed by atoms with Gasteiger partial charge in [0.15, 0.2) is 0 Å². The van der Waals surface area contributed by atoms with Crippen LogP contribution in [0.5, 0.6) is 0 Å². The molecule has 26 heavy (non-hydrogen) atoms. The summed E-state index contributed by atoms with van der Waals surface area (Å²) in [6.45, 7) is 7.97. The number of halogens is 4. The van der Waals surface area contributed by atoms with Crippen molar-refractivity contribution >= 4 is 27.5 Å². The van der Waals surface area contributed by atoms with Gasteiger partial charge < -0.3 is 10.2 Å². The monoisotopic (exact) mass is 442 g/mol. The van der Waals surface area contributed by atoms with Gasteiger partial charge in [-0.1, -0.05) is 55.2 Å². The molecule has 4 unspecified atom stereocenters. The zero-order valence-electron chi connectivity index (χ0n) is 15.4. The molecule has 1 saturated heterocycles. The maximum atomic E-state index is 13.1. The molecule has 1 amide bonds. The zero-order chi connectivity index (χ0) is 19.7. The zero-order valence-corrected chi connectivity index (χ0v) is 16.9. The van der Waals surface area contributed by atoms with Crippen LogP contribution in [0.25, 0.3) is 0 Å². The fourth-order valence-corrected chi connectivity index (χ4v) is 3.69. The standard InChI is InChI=1S/C16H26BrF3N4O2/c1-5-6-10(24-8-9(17)13(22-24)16(18,19)20)14(25)21-12-7-11(23-26-12)15(2,3)4/h9-10,12-13,22H,5-8H2,1-4H3,(H,21,25). The van der Waals surface area contributed by atoms with E-state index in [2.05, 4.69) is 31.8 Å². The highest BCUT2D eigenvalue weighted by Crippen LogP contribution is 2.31. The molecule has 2 rings (SSSR count). The van der Waals surface area contributed by atoms with E-state index < -0.39 is 29.3 Å². The average molecular weight is 443 g/mol. The predicted molar refractivity (Wildman–Crippen MR) is 95.6 cm³/mol. The fraction of sp³-hybridized carbons (Fsp3) is 0.875. The molecule has 0 aromatic rings. The Morgan fingerprint density at radius 1 is 1.46 bits per heavy atom. The van der Waals surface area contributed by atoms with Crippen LogP contribution < -0.4 is 10.7 Å². The number of alkyl halides is 4. The minimum Gasteiger partial charge on any atom is -0.370 e. The van der Waals surface area contributed by atoms with Gasteiger partial charge in [-0.05, 0) is 6.42 Å². The molecular weight excluding hydrogens is 417 g/mol. The Labute approximate surface area is 160 Å². The number of hydrogen-bond donors (Lipinski definition) is 2. The summed E-state index contributed by atoms with van der Waals surface area (Å²) >= 11 is 3.07. The Bertz CT molecular complexity index is 551. The van der Waals surface area contributed by atoms with E-state index in [-0.39, 0.29) is 17.9 Å². The lowest BCUT2D eigenvalue weighted by Gasteiger charge is -2.28. The van der Waals surface area contributed by atoms with Crippen LogP contribution in [0.4, 0.5) is 13.2 Å². The van der Waals surface area contributed by atoms with Crippen LogP contribution in [-0.2, 0) is 9.63 Å². The van der Waals surface area contributed by atoms with Crippen molar-refractivity contribution in [3.05, 3.63) is 0 Å². The van der Waals surface area contributed by atoms with Crippen molar-refractivity contribution in [3.8, 4) is 0 Å². The van der Waals surface area contributed by atoms with Crippen LogP contribution in [0.15, 0.2) is 5.16 Å². The smallest absolute Gasteiger partial charge is 0.370 e. The summed E-state index contributed by atoms with van der Waals surface area (Å²) in [6.07, 6.45) is -3.41. The summed E-state index contributed by atoms with van der Waals surface area (Å²) in [4.78, 5) is 17.1. The van der Waals surface area contributed by atoms with E-state index in [9.17, 15) is 18.0 Å². The van der Waals surface area contributed by atoms with Gasteiger partial charge in [0.2, 0.25) is 12.1 Å². The van der Waals surface area contributed by atoms with E-state index in [1.807, 2.05) is 27.7 Å². The maximum absolute atomic E-state index is 13.1. The van der Waals surface area contributed by atoms with Crippen LogP contribution in [0.3, 0.4) is 0 Å². The number of rotatable bonds is 5. The normalized spacial score (nSPS) is 28.6. The van der Waals surface area contributed by atoms with Crippen LogP contribution in [0.2, 0.25) is 0 Å². The van der Waals surface area contributed by atoms with Gasteiger partial charge in [-0.25, -0.2) is 10.4 Å². The molecule has 10 heteroatoms. The van der Waals surface area contributed by atoms with E-state index in [0.717, 1.165) is 5.71 Å². The largest absolute Gasteiger partial charge is 0.406 e. The number of carbonyl (C=O) groups is 1. The Kier molecular flexibility index (Phi) is 6.61. The minimum absolute atomic E-state index is 0.0809. The first kappa shape index (κ1) is 21.4. The van der Waals surface area contributed by atoms with E-state index >= 15 is 0 Å². The topological polar surface area (TPSA) is 66.0 Å². The third kappa shape index (κ3) is 5.10. The summed E-state index contributed by atoms with van der Waals surface area (Å²) in [5, 5.41) is 8.15. The van der Waals surface area contributed by atoms with Gasteiger partial charge in [0.25, 0.3) is 0 Å². The van der Waals surface area contributed by atoms with Crippen LogP contribution in [0.1, 0.15) is 47.0 Å². The summed E-state index contributed by atoms with van der Waals surface area (Å²) in [5.74, 6) is -0.364. The number of oxime groups is 1. The molecule has 2 heterocycles. The number of nitrogens with one attached hydrogen (secondary N) is 2. The molecule has 0 spiro atoms. The van der Waals surface area contributed by atoms with E-state index in [4.69, 9.17) is 4.84 Å². The van der Waals surface area contributed by atoms with Gasteiger partial charge in [-0.3, -0.25) is 4.79 Å². The number of hydrogen-bond acceptors (Lipinski definition) is 5. The van der Waals surface area contributed by atoms with Crippen molar-refractivity contribution < 1.29 is 22.8 Å². The van der Waals surface area contributed by atoms with Crippen molar-refractivity contribution in [1.82, 2.24) is 15.8 Å². The molecule has 0 aromatic heterocycles. The third-order valence-corrected chi connectivity index (χ3v) is 5.29. The van der Waals surface area contributed by atoms with E-state index in [1.54, 1.807) is 0 Å². The lowest BCUT2D eigenvalue weighted by Crippen LogP contribution is -2.54. The summed E-state index contributed by atoms with van der Waals surface area (Å²) in [6, 6.07) is -2.43. The molecule has 4 atom stereocenters. The number of hydrazine groups is 1. The van der Waals surface area contributed by atoms with Gasteiger partial charge in [-0.2, -0.15) is 13.2 Å². The molecule has 150 valence electrons. The molecule has 6 nitrogen and oxygen atoms in total. The Balaban J connectivity index is 1.99. The van der Waals surface area contributed by atoms with Crippen molar-refractivity contribution in [2.45, 2.75) is 76.3 Å². The molecule has 2 aliphatic rings. The Hall–Kier alpha value is -0.870.